The zero-order valence-corrected chi connectivity index (χ0v) is 13.8. The molecule has 0 atom stereocenters. The van der Waals surface area contributed by atoms with Crippen molar-refractivity contribution in [2.24, 2.45) is 0 Å². The Kier molecular flexibility index (Phi) is 15.7. The third-order valence-corrected chi connectivity index (χ3v) is 2.15. The van der Waals surface area contributed by atoms with Crippen LogP contribution in [0.3, 0.4) is 0 Å². The summed E-state index contributed by atoms with van der Waals surface area (Å²) < 4.78 is 9.70. The van der Waals surface area contributed by atoms with Crippen LogP contribution in [0.15, 0.2) is 48.3 Å². The summed E-state index contributed by atoms with van der Waals surface area (Å²) in [5.41, 5.74) is 0. The molecule has 0 radical (unpaired) electrons. The molecule has 0 unspecified atom stereocenters. The second-order valence-corrected chi connectivity index (χ2v) is 3.71. The fourth-order valence-corrected chi connectivity index (χ4v) is 0.910. The quantitative estimate of drug-likeness (QED) is 0.504. The van der Waals surface area contributed by atoms with E-state index in [0.29, 0.717) is 5.75 Å². The van der Waals surface area contributed by atoms with E-state index in [1.54, 1.807) is 38.5 Å². The van der Waals surface area contributed by atoms with E-state index in [2.05, 4.69) is 11.8 Å². The van der Waals surface area contributed by atoms with Gasteiger partial charge in [-0.2, -0.15) is 0 Å². The average molecular weight is 290 g/mol. The van der Waals surface area contributed by atoms with Crippen LogP contribution in [0.25, 0.3) is 0 Å². The summed E-state index contributed by atoms with van der Waals surface area (Å²) in [5, 5.41) is 8.86. The minimum absolute atomic E-state index is 0.231. The number of benzene rings is 1. The molecule has 1 aromatic carbocycles. The fourth-order valence-electron chi connectivity index (χ4n) is 0.910. The number of ether oxygens (including phenoxy) is 2. The Labute approximate surface area is 128 Å². The maximum absolute atomic E-state index is 8.86. The second-order valence-electron chi connectivity index (χ2n) is 3.71. The molecular weight excluding hydrogens is 264 g/mol. The first kappa shape index (κ1) is 21.0. The number of aromatic hydroxyl groups is 1. The maximum Gasteiger partial charge on any atom is 0.122 e. The van der Waals surface area contributed by atoms with E-state index in [-0.39, 0.29) is 5.75 Å². The van der Waals surface area contributed by atoms with E-state index in [9.17, 15) is 0 Å². The molecule has 0 amide bonds. The molecule has 0 spiro atoms. The molecule has 21 heavy (non-hydrogen) atoms. The van der Waals surface area contributed by atoms with Crippen molar-refractivity contribution in [3.05, 3.63) is 48.3 Å². The Morgan fingerprint density at radius 1 is 1.19 bits per heavy atom. The summed E-state index contributed by atoms with van der Waals surface area (Å²) >= 11 is 0. The van der Waals surface area contributed by atoms with Crippen molar-refractivity contribution in [2.45, 2.75) is 27.7 Å². The largest absolute Gasteiger partial charge is 0.508 e. The molecule has 1 N–H and O–H groups in total. The van der Waals surface area contributed by atoms with Crippen molar-refractivity contribution >= 4 is 0 Å². The summed E-state index contributed by atoms with van der Waals surface area (Å²) in [6.07, 6.45) is 5.82. The van der Waals surface area contributed by atoms with Crippen LogP contribution in [-0.4, -0.2) is 19.3 Å². The fraction of sp³-hybridized carbons (Fsp3) is 0.333. The van der Waals surface area contributed by atoms with Crippen molar-refractivity contribution in [1.29, 1.82) is 0 Å². The van der Waals surface area contributed by atoms with Gasteiger partial charge in [-0.25, -0.2) is 0 Å². The molecule has 3 heteroatoms. The normalized spacial score (nSPS) is 9.33. The van der Waals surface area contributed by atoms with Gasteiger partial charge in [0.2, 0.25) is 0 Å². The van der Waals surface area contributed by atoms with Crippen LogP contribution >= 0.6 is 0 Å². The van der Waals surface area contributed by atoms with Crippen molar-refractivity contribution in [2.75, 3.05) is 14.2 Å². The Morgan fingerprint density at radius 3 is 2.14 bits per heavy atom. The van der Waals surface area contributed by atoms with Crippen molar-refractivity contribution in [1.82, 2.24) is 0 Å². The minimum atomic E-state index is 0.231. The second kappa shape index (κ2) is 15.7. The molecule has 1 rings (SSSR count). The van der Waals surface area contributed by atoms with E-state index in [1.807, 2.05) is 45.9 Å². The van der Waals surface area contributed by atoms with Crippen molar-refractivity contribution < 1.29 is 14.6 Å². The lowest BCUT2D eigenvalue weighted by atomic mass is 10.3. The van der Waals surface area contributed by atoms with Crippen LogP contribution in [0.4, 0.5) is 0 Å². The smallest absolute Gasteiger partial charge is 0.122 e. The van der Waals surface area contributed by atoms with Gasteiger partial charge in [0.15, 0.2) is 0 Å². The minimum Gasteiger partial charge on any atom is -0.508 e. The van der Waals surface area contributed by atoms with Gasteiger partial charge < -0.3 is 14.6 Å². The van der Waals surface area contributed by atoms with E-state index < -0.39 is 0 Å². The van der Waals surface area contributed by atoms with Crippen LogP contribution in [0.2, 0.25) is 0 Å². The molecule has 0 saturated carbocycles. The number of methoxy groups -OCH3 is 2. The topological polar surface area (TPSA) is 38.7 Å². The number of rotatable bonds is 3. The zero-order chi connectivity index (χ0) is 16.5. The number of phenolic OH excluding ortho intramolecular Hbond substituents is 1. The van der Waals surface area contributed by atoms with Crippen LogP contribution in [0.5, 0.6) is 11.5 Å². The molecule has 0 aliphatic heterocycles. The van der Waals surface area contributed by atoms with Gasteiger partial charge in [-0.3, -0.25) is 0 Å². The van der Waals surface area contributed by atoms with Crippen LogP contribution in [-0.2, 0) is 4.74 Å². The predicted molar refractivity (Wildman–Crippen MR) is 89.4 cm³/mol. The third-order valence-electron chi connectivity index (χ3n) is 2.15. The predicted octanol–water partition coefficient (Wildman–Crippen LogP) is 4.54. The molecule has 0 heterocycles. The average Bonchev–Trinajstić information content (AvgIpc) is 2.53. The highest BCUT2D eigenvalue weighted by molar-refractivity contribution is 5.31. The van der Waals surface area contributed by atoms with Crippen LogP contribution in [0, 0.1) is 11.8 Å². The van der Waals surface area contributed by atoms with Gasteiger partial charge >= 0.3 is 0 Å². The summed E-state index contributed by atoms with van der Waals surface area (Å²) in [6.45, 7) is 7.53. The Bertz CT molecular complexity index is 471. The van der Waals surface area contributed by atoms with Crippen molar-refractivity contribution in [3.63, 3.8) is 0 Å². The molecule has 1 aromatic rings. The Balaban J connectivity index is 0. The first-order valence-electron chi connectivity index (χ1n) is 6.55. The van der Waals surface area contributed by atoms with Gasteiger partial charge in [-0.1, -0.05) is 18.2 Å². The number of phenols is 1. The van der Waals surface area contributed by atoms with Gasteiger partial charge in [0.05, 0.1) is 20.0 Å². The standard InChI is InChI=1S/C7H8O2.C7H12O.C4H6/c1-9-7-4-2-3-6(8)5-7;1-4-5-6-7(2)8-3;1-3-4-2/h2-5,8H,1H3;4-6H,1-3H3;1-2H3/b;5-4-,7-6+;. The monoisotopic (exact) mass is 290 g/mol. The van der Waals surface area contributed by atoms with Gasteiger partial charge in [-0.05, 0) is 45.9 Å². The summed E-state index contributed by atoms with van der Waals surface area (Å²) in [6, 6.07) is 6.66. The van der Waals surface area contributed by atoms with Gasteiger partial charge in [0.25, 0.3) is 0 Å². The molecule has 0 saturated heterocycles. The Morgan fingerprint density at radius 2 is 1.81 bits per heavy atom. The summed E-state index contributed by atoms with van der Waals surface area (Å²) in [5.74, 6) is 7.20. The highest BCUT2D eigenvalue weighted by atomic mass is 16.5. The van der Waals surface area contributed by atoms with Gasteiger partial charge in [0, 0.05) is 6.07 Å². The number of hydrogen-bond acceptors (Lipinski definition) is 3. The molecule has 0 aliphatic carbocycles. The first-order valence-corrected chi connectivity index (χ1v) is 6.55. The van der Waals surface area contributed by atoms with E-state index in [1.165, 1.54) is 0 Å². The molecule has 0 bridgehead atoms. The number of allylic oxidation sites excluding steroid dienone is 4. The highest BCUT2D eigenvalue weighted by Gasteiger charge is 1.88. The third kappa shape index (κ3) is 15.6. The van der Waals surface area contributed by atoms with Crippen LogP contribution < -0.4 is 4.74 Å². The Hall–Kier alpha value is -2.34. The maximum atomic E-state index is 8.86. The van der Waals surface area contributed by atoms with E-state index in [4.69, 9.17) is 14.6 Å². The van der Waals surface area contributed by atoms with Crippen molar-refractivity contribution in [3.8, 4) is 23.3 Å². The number of hydrogen-bond donors (Lipinski definition) is 1. The first-order chi connectivity index (χ1) is 10.0. The summed E-state index contributed by atoms with van der Waals surface area (Å²) in [7, 11) is 3.23. The molecular formula is C18H26O3. The van der Waals surface area contributed by atoms with Gasteiger partial charge in [-0.15, -0.1) is 11.8 Å². The van der Waals surface area contributed by atoms with E-state index >= 15 is 0 Å². The molecule has 0 fully saturated rings. The zero-order valence-electron chi connectivity index (χ0n) is 13.8. The lowest BCUT2D eigenvalue weighted by Crippen LogP contribution is -1.79. The molecule has 0 aromatic heterocycles. The molecule has 116 valence electrons. The van der Waals surface area contributed by atoms with Crippen LogP contribution in [0.1, 0.15) is 27.7 Å². The lowest BCUT2D eigenvalue weighted by molar-refractivity contribution is 0.294. The SMILES string of the molecule is C/C=C\C=C(/C)OC.CC#CC.COc1cccc(O)c1. The van der Waals surface area contributed by atoms with E-state index in [0.717, 1.165) is 5.76 Å². The molecule has 0 aliphatic rings. The molecule has 3 nitrogen and oxygen atoms in total. The summed E-state index contributed by atoms with van der Waals surface area (Å²) in [4.78, 5) is 0. The highest BCUT2D eigenvalue weighted by Crippen LogP contribution is 2.16. The lowest BCUT2D eigenvalue weighted by Gasteiger charge is -1.97. The van der Waals surface area contributed by atoms with Gasteiger partial charge in [0.1, 0.15) is 11.5 Å².